The van der Waals surface area contributed by atoms with E-state index in [4.69, 9.17) is 25.9 Å². The summed E-state index contributed by atoms with van der Waals surface area (Å²) in [5, 5.41) is 0. The summed E-state index contributed by atoms with van der Waals surface area (Å²) in [6.45, 7) is 32.2. The molecule has 0 aromatic heterocycles. The Morgan fingerprint density at radius 1 is 0.478 bits per heavy atom. The SMILES string of the molecule is C[Si](C)(C)O[Si](C)(C)O[Si](C)(C)CCCOc1ccc(C(=O)c2ccc(OCCC[Si](C)(C)O[Si](C)(C)O[Si](C)(C)C)cc2)cc1. The maximum atomic E-state index is 13.1. The van der Waals surface area contributed by atoms with Crippen molar-refractivity contribution in [3.63, 3.8) is 0 Å². The van der Waals surface area contributed by atoms with Gasteiger partial charge in [0.1, 0.15) is 11.5 Å². The molecule has 260 valence electrons. The zero-order valence-corrected chi connectivity index (χ0v) is 37.2. The van der Waals surface area contributed by atoms with E-state index in [-0.39, 0.29) is 5.78 Å². The van der Waals surface area contributed by atoms with Gasteiger partial charge < -0.3 is 25.9 Å². The van der Waals surface area contributed by atoms with Crippen molar-refractivity contribution in [1.82, 2.24) is 0 Å². The molecule has 0 heterocycles. The lowest BCUT2D eigenvalue weighted by molar-refractivity contribution is 0.103. The van der Waals surface area contributed by atoms with E-state index in [0.717, 1.165) is 36.4 Å². The Kier molecular flexibility index (Phi) is 14.7. The second-order valence-corrected chi connectivity index (χ2v) is 41.6. The molecular formula is C33H62O7Si6. The van der Waals surface area contributed by atoms with E-state index >= 15 is 0 Å². The first kappa shape index (κ1) is 41.0. The highest BCUT2D eigenvalue weighted by Crippen LogP contribution is 2.26. The summed E-state index contributed by atoms with van der Waals surface area (Å²) in [5.74, 6) is 1.51. The summed E-state index contributed by atoms with van der Waals surface area (Å²) in [6.07, 6.45) is 1.85. The highest BCUT2D eigenvalue weighted by atomic mass is 28.5. The lowest BCUT2D eigenvalue weighted by atomic mass is 10.0. The van der Waals surface area contributed by atoms with Crippen LogP contribution in [0.2, 0.25) is 104 Å². The molecule has 2 rings (SSSR count). The molecule has 0 aliphatic heterocycles. The molecule has 0 bridgehead atoms. The van der Waals surface area contributed by atoms with Crippen LogP contribution in [0.15, 0.2) is 48.5 Å². The van der Waals surface area contributed by atoms with Gasteiger partial charge in [0.05, 0.1) is 13.2 Å². The van der Waals surface area contributed by atoms with Gasteiger partial charge in [-0.1, -0.05) is 0 Å². The van der Waals surface area contributed by atoms with Crippen LogP contribution < -0.4 is 9.47 Å². The van der Waals surface area contributed by atoms with Crippen LogP contribution in [0.3, 0.4) is 0 Å². The minimum absolute atomic E-state index is 0.0208. The van der Waals surface area contributed by atoms with E-state index in [1.165, 1.54) is 0 Å². The Hall–Kier alpha value is -1.15. The molecule has 13 heteroatoms. The molecule has 7 nitrogen and oxygen atoms in total. The van der Waals surface area contributed by atoms with Crippen molar-refractivity contribution in [2.45, 2.75) is 117 Å². The van der Waals surface area contributed by atoms with Gasteiger partial charge in [0.25, 0.3) is 0 Å². The molecule has 0 saturated heterocycles. The standard InChI is InChI=1S/C33H62O7Si6/c1-41(2,3)37-45(11,12)39-43(7,8)27-15-25-35-31-21-17-29(18-22-31)33(34)30-19-23-32(24-20-30)36-26-16-28-44(9,10)40-46(13,14)38-42(4,5)6/h17-24H,15-16,25-28H2,1-14H3. The van der Waals surface area contributed by atoms with E-state index in [9.17, 15) is 4.79 Å². The highest BCUT2D eigenvalue weighted by Gasteiger charge is 2.38. The Bertz CT molecular complexity index is 1140. The number of carbonyl (C=O) groups excluding carboxylic acids is 1. The molecule has 0 N–H and O–H groups in total. The molecule has 0 aliphatic carbocycles. The van der Waals surface area contributed by atoms with Crippen LogP contribution in [0.25, 0.3) is 0 Å². The number of carbonyl (C=O) groups is 1. The largest absolute Gasteiger partial charge is 0.494 e. The molecule has 0 aliphatic rings. The predicted molar refractivity (Wildman–Crippen MR) is 207 cm³/mol. The van der Waals surface area contributed by atoms with Crippen LogP contribution in [-0.4, -0.2) is 69.4 Å². The van der Waals surface area contributed by atoms with Crippen LogP contribution in [-0.2, 0) is 16.5 Å². The summed E-state index contributed by atoms with van der Waals surface area (Å²) in [7, 11) is -11.2. The van der Waals surface area contributed by atoms with Crippen molar-refractivity contribution in [2.75, 3.05) is 13.2 Å². The van der Waals surface area contributed by atoms with E-state index < -0.39 is 50.4 Å². The smallest absolute Gasteiger partial charge is 0.311 e. The fourth-order valence-electron chi connectivity index (χ4n) is 5.90. The van der Waals surface area contributed by atoms with Gasteiger partial charge in [-0.3, -0.25) is 4.79 Å². The molecular weight excluding hydrogens is 677 g/mol. The van der Waals surface area contributed by atoms with Crippen molar-refractivity contribution in [3.05, 3.63) is 59.7 Å². The van der Waals surface area contributed by atoms with Crippen LogP contribution >= 0.6 is 0 Å². The summed E-state index contributed by atoms with van der Waals surface area (Å²) in [5.41, 5.74) is 1.27. The Morgan fingerprint density at radius 2 is 0.783 bits per heavy atom. The van der Waals surface area contributed by atoms with Crippen LogP contribution in [0.1, 0.15) is 28.8 Å². The van der Waals surface area contributed by atoms with Crippen molar-refractivity contribution < 1.29 is 30.7 Å². The number of benzene rings is 2. The average molecular weight is 739 g/mol. The maximum absolute atomic E-state index is 13.1. The van der Waals surface area contributed by atoms with Crippen molar-refractivity contribution in [1.29, 1.82) is 0 Å². The van der Waals surface area contributed by atoms with Crippen molar-refractivity contribution in [2.24, 2.45) is 0 Å². The minimum atomic E-state index is -2.13. The zero-order valence-electron chi connectivity index (χ0n) is 31.2. The molecule has 46 heavy (non-hydrogen) atoms. The van der Waals surface area contributed by atoms with Gasteiger partial charge in [-0.05, 0) is 165 Å². The molecule has 0 radical (unpaired) electrons. The summed E-state index contributed by atoms with van der Waals surface area (Å²) in [6, 6.07) is 16.8. The lowest BCUT2D eigenvalue weighted by Gasteiger charge is -2.37. The summed E-state index contributed by atoms with van der Waals surface area (Å²) >= 11 is 0. The van der Waals surface area contributed by atoms with Gasteiger partial charge in [0.15, 0.2) is 39.1 Å². The fourth-order valence-corrected chi connectivity index (χ4v) is 32.2. The van der Waals surface area contributed by atoms with E-state index in [1.54, 1.807) is 0 Å². The third-order valence-electron chi connectivity index (χ3n) is 6.76. The van der Waals surface area contributed by atoms with Gasteiger partial charge in [0.2, 0.25) is 0 Å². The Labute approximate surface area is 286 Å². The maximum Gasteiger partial charge on any atom is 0.311 e. The number of hydrogen-bond donors (Lipinski definition) is 0. The third-order valence-corrected chi connectivity index (χ3v) is 27.1. The first-order valence-corrected chi connectivity index (χ1v) is 35.4. The van der Waals surface area contributed by atoms with Crippen molar-refractivity contribution in [3.8, 4) is 11.5 Å². The Balaban J connectivity index is 1.78. The van der Waals surface area contributed by atoms with Gasteiger partial charge >= 0.3 is 17.1 Å². The zero-order chi connectivity index (χ0) is 35.0. The van der Waals surface area contributed by atoms with Gasteiger partial charge in [-0.25, -0.2) is 0 Å². The van der Waals surface area contributed by atoms with Crippen LogP contribution in [0.4, 0.5) is 0 Å². The number of ether oxygens (including phenoxy) is 2. The molecule has 0 atom stereocenters. The first-order valence-electron chi connectivity index (χ1n) is 16.7. The molecule has 0 unspecified atom stereocenters. The number of hydrogen-bond acceptors (Lipinski definition) is 7. The van der Waals surface area contributed by atoms with Gasteiger partial charge in [-0.15, -0.1) is 0 Å². The summed E-state index contributed by atoms with van der Waals surface area (Å²) in [4.78, 5) is 13.1. The molecule has 0 spiro atoms. The second-order valence-electron chi connectivity index (χ2n) is 16.2. The Morgan fingerprint density at radius 3 is 1.07 bits per heavy atom. The number of rotatable bonds is 20. The minimum Gasteiger partial charge on any atom is -0.494 e. The summed E-state index contributed by atoms with van der Waals surface area (Å²) < 4.78 is 37.9. The average Bonchev–Trinajstić information content (AvgIpc) is 2.85. The molecule has 2 aromatic rings. The monoisotopic (exact) mass is 738 g/mol. The quantitative estimate of drug-likeness (QED) is 0.0761. The third kappa shape index (κ3) is 16.8. The van der Waals surface area contributed by atoms with E-state index in [1.807, 2.05) is 48.5 Å². The second kappa shape index (κ2) is 16.5. The number of ketones is 1. The van der Waals surface area contributed by atoms with E-state index in [2.05, 4.69) is 91.7 Å². The van der Waals surface area contributed by atoms with Gasteiger partial charge in [0, 0.05) is 11.1 Å². The normalized spacial score (nSPS) is 13.5. The molecule has 0 saturated carbocycles. The van der Waals surface area contributed by atoms with Crippen LogP contribution in [0, 0.1) is 0 Å². The highest BCUT2D eigenvalue weighted by molar-refractivity contribution is 6.88. The topological polar surface area (TPSA) is 72.5 Å². The first-order chi connectivity index (χ1) is 20.9. The molecule has 0 amide bonds. The fraction of sp³-hybridized carbons (Fsp3) is 0.606. The van der Waals surface area contributed by atoms with Crippen molar-refractivity contribution >= 4 is 56.2 Å². The van der Waals surface area contributed by atoms with E-state index in [0.29, 0.717) is 24.3 Å². The molecule has 2 aromatic carbocycles. The predicted octanol–water partition coefficient (Wildman–Crippen LogP) is 10.0. The lowest BCUT2D eigenvalue weighted by Crippen LogP contribution is -2.51. The molecule has 0 fully saturated rings. The van der Waals surface area contributed by atoms with Crippen LogP contribution in [0.5, 0.6) is 11.5 Å². The van der Waals surface area contributed by atoms with Gasteiger partial charge in [-0.2, -0.15) is 0 Å².